The van der Waals surface area contributed by atoms with E-state index in [1.807, 2.05) is 0 Å². The van der Waals surface area contributed by atoms with Crippen LogP contribution in [0.15, 0.2) is 36.7 Å². The van der Waals surface area contributed by atoms with Gasteiger partial charge in [0.1, 0.15) is 6.10 Å². The molecule has 0 amide bonds. The van der Waals surface area contributed by atoms with Crippen molar-refractivity contribution < 1.29 is 28.9 Å². The van der Waals surface area contributed by atoms with Crippen molar-refractivity contribution >= 4 is 7.60 Å². The van der Waals surface area contributed by atoms with Gasteiger partial charge in [-0.3, -0.25) is 4.57 Å². The molecule has 0 radical (unpaired) electrons. The zero-order valence-electron chi connectivity index (χ0n) is 10.9. The molecule has 0 saturated carbocycles. The third-order valence-electron chi connectivity index (χ3n) is 1.78. The van der Waals surface area contributed by atoms with E-state index in [1.165, 1.54) is 18.8 Å². The van der Waals surface area contributed by atoms with Crippen LogP contribution in [0.5, 0.6) is 0 Å². The van der Waals surface area contributed by atoms with Crippen LogP contribution in [0.4, 0.5) is 0 Å². The van der Waals surface area contributed by atoms with E-state index in [-0.39, 0.29) is 13.2 Å². The van der Waals surface area contributed by atoms with Gasteiger partial charge in [0.15, 0.2) is 0 Å². The van der Waals surface area contributed by atoms with Crippen LogP contribution in [0.3, 0.4) is 0 Å². The lowest BCUT2D eigenvalue weighted by atomic mass is 10.4. The van der Waals surface area contributed by atoms with E-state index >= 15 is 0 Å². The number of aliphatic hydroxyl groups excluding tert-OH is 3. The fourth-order valence-electron chi connectivity index (χ4n) is 0.876. The maximum atomic E-state index is 12.2. The first kappa shape index (κ1) is 18.2. The van der Waals surface area contributed by atoms with Gasteiger partial charge in [0.25, 0.3) is 0 Å². The zero-order chi connectivity index (χ0) is 14.7. The molecule has 0 rings (SSSR count). The molecule has 0 saturated heterocycles. The quantitative estimate of drug-likeness (QED) is 0.413. The molecule has 0 bridgehead atoms. The highest BCUT2D eigenvalue weighted by atomic mass is 31.2. The molecular weight excluding hydrogens is 271 g/mol. The highest BCUT2D eigenvalue weighted by molar-refractivity contribution is 7.57. The first-order chi connectivity index (χ1) is 8.93. The van der Waals surface area contributed by atoms with Crippen molar-refractivity contribution in [3.8, 4) is 0 Å². The summed E-state index contributed by atoms with van der Waals surface area (Å²) in [6, 6.07) is 0. The fraction of sp³-hybridized carbons (Fsp3) is 0.500. The molecule has 0 aromatic heterocycles. The Balaban J connectivity index is 4.60. The van der Waals surface area contributed by atoms with Crippen molar-refractivity contribution in [1.82, 2.24) is 0 Å². The first-order valence-corrected chi connectivity index (χ1v) is 7.37. The molecule has 0 heterocycles. The minimum absolute atomic E-state index is 0.165. The van der Waals surface area contributed by atoms with Crippen LogP contribution in [0.2, 0.25) is 0 Å². The van der Waals surface area contributed by atoms with Gasteiger partial charge < -0.3 is 24.4 Å². The van der Waals surface area contributed by atoms with E-state index in [4.69, 9.17) is 24.4 Å². The van der Waals surface area contributed by atoms with Crippen LogP contribution in [-0.4, -0.2) is 47.3 Å². The number of hydrogen-bond acceptors (Lipinski definition) is 6. The Morgan fingerprint density at radius 1 is 1.21 bits per heavy atom. The first-order valence-electron chi connectivity index (χ1n) is 5.76. The molecule has 3 unspecified atom stereocenters. The third kappa shape index (κ3) is 9.78. The van der Waals surface area contributed by atoms with Crippen molar-refractivity contribution in [2.75, 3.05) is 19.8 Å². The maximum absolute atomic E-state index is 12.2. The molecule has 0 fully saturated rings. The normalized spacial score (nSPS) is 18.5. The predicted octanol–water partition coefficient (Wildman–Crippen LogP) is 1.20. The Bertz CT molecular complexity index is 350. The summed E-state index contributed by atoms with van der Waals surface area (Å²) in [5, 5.41) is 26.9. The van der Waals surface area contributed by atoms with E-state index in [2.05, 4.69) is 6.58 Å². The van der Waals surface area contributed by atoms with Gasteiger partial charge in [-0.2, -0.15) is 0 Å². The van der Waals surface area contributed by atoms with Crippen LogP contribution >= 0.6 is 7.60 Å². The number of rotatable bonds is 10. The van der Waals surface area contributed by atoms with Gasteiger partial charge in [-0.15, -0.1) is 0 Å². The Labute approximate surface area is 113 Å². The summed E-state index contributed by atoms with van der Waals surface area (Å²) >= 11 is 0. The van der Waals surface area contributed by atoms with E-state index < -0.39 is 26.4 Å². The smallest absolute Gasteiger partial charge is 0.354 e. The average molecular weight is 292 g/mol. The molecule has 0 aromatic carbocycles. The summed E-state index contributed by atoms with van der Waals surface area (Å²) in [5.41, 5.74) is 0. The lowest BCUT2D eigenvalue weighted by molar-refractivity contribution is 0.0428. The van der Waals surface area contributed by atoms with Gasteiger partial charge in [0, 0.05) is 5.82 Å². The van der Waals surface area contributed by atoms with Crippen molar-refractivity contribution in [3.63, 3.8) is 0 Å². The zero-order valence-corrected chi connectivity index (χ0v) is 11.8. The van der Waals surface area contributed by atoms with Crippen LogP contribution < -0.4 is 0 Å². The highest BCUT2D eigenvalue weighted by Crippen LogP contribution is 2.50. The molecular formula is C12H21O6P. The number of allylic oxidation sites excluding steroid dienone is 4. The van der Waals surface area contributed by atoms with Gasteiger partial charge in [-0.05, 0) is 6.92 Å². The fourth-order valence-corrected chi connectivity index (χ4v) is 2.24. The number of aliphatic hydroxyl groups is 3. The van der Waals surface area contributed by atoms with Crippen LogP contribution in [0.1, 0.15) is 6.92 Å². The van der Waals surface area contributed by atoms with E-state index in [1.54, 1.807) is 18.2 Å². The van der Waals surface area contributed by atoms with Crippen LogP contribution in [0, 0.1) is 0 Å². The summed E-state index contributed by atoms with van der Waals surface area (Å²) in [7, 11) is -3.58. The van der Waals surface area contributed by atoms with Gasteiger partial charge >= 0.3 is 7.60 Å². The molecule has 19 heavy (non-hydrogen) atoms. The molecule has 0 aliphatic carbocycles. The van der Waals surface area contributed by atoms with Crippen molar-refractivity contribution in [2.45, 2.75) is 19.1 Å². The molecule has 3 N–H and O–H groups in total. The van der Waals surface area contributed by atoms with Crippen LogP contribution in [0.25, 0.3) is 0 Å². The van der Waals surface area contributed by atoms with E-state index in [0.29, 0.717) is 0 Å². The van der Waals surface area contributed by atoms with Gasteiger partial charge in [-0.1, -0.05) is 30.9 Å². The largest absolute Gasteiger partial charge is 0.394 e. The third-order valence-corrected chi connectivity index (χ3v) is 3.34. The Hall–Kier alpha value is -0.750. The number of hydrogen-bond donors (Lipinski definition) is 3. The van der Waals surface area contributed by atoms with Crippen LogP contribution in [-0.2, 0) is 13.6 Å². The molecule has 3 atom stereocenters. The van der Waals surface area contributed by atoms with E-state index in [9.17, 15) is 4.57 Å². The molecule has 7 heteroatoms. The Morgan fingerprint density at radius 2 is 1.84 bits per heavy atom. The summed E-state index contributed by atoms with van der Waals surface area (Å²) < 4.78 is 22.2. The second kappa shape index (κ2) is 10.1. The van der Waals surface area contributed by atoms with Crippen molar-refractivity contribution in [1.29, 1.82) is 0 Å². The Morgan fingerprint density at radius 3 is 2.37 bits per heavy atom. The average Bonchev–Trinajstić information content (AvgIpc) is 2.39. The lowest BCUT2D eigenvalue weighted by Crippen LogP contribution is -2.19. The SMILES string of the molecule is C=C/C=C\C=C\P(=O)(OCC(C)O)OCC(O)CO. The van der Waals surface area contributed by atoms with Crippen molar-refractivity contribution in [2.24, 2.45) is 0 Å². The monoisotopic (exact) mass is 292 g/mol. The predicted molar refractivity (Wildman–Crippen MR) is 72.8 cm³/mol. The van der Waals surface area contributed by atoms with E-state index in [0.717, 1.165) is 0 Å². The van der Waals surface area contributed by atoms with Gasteiger partial charge in [0.2, 0.25) is 0 Å². The molecule has 0 spiro atoms. The molecule has 0 aromatic rings. The minimum Gasteiger partial charge on any atom is -0.394 e. The second-order valence-corrected chi connectivity index (χ2v) is 5.67. The topological polar surface area (TPSA) is 96.2 Å². The van der Waals surface area contributed by atoms with Gasteiger partial charge in [-0.25, -0.2) is 0 Å². The molecule has 6 nitrogen and oxygen atoms in total. The second-order valence-electron chi connectivity index (χ2n) is 3.78. The van der Waals surface area contributed by atoms with Crippen molar-refractivity contribution in [3.05, 3.63) is 36.7 Å². The molecule has 0 aliphatic heterocycles. The van der Waals surface area contributed by atoms with Gasteiger partial charge in [0.05, 0.1) is 25.9 Å². The summed E-state index contributed by atoms with van der Waals surface area (Å²) in [6.45, 7) is 3.96. The summed E-state index contributed by atoms with van der Waals surface area (Å²) in [4.78, 5) is 0. The lowest BCUT2D eigenvalue weighted by Gasteiger charge is -2.17. The summed E-state index contributed by atoms with van der Waals surface area (Å²) in [5.74, 6) is 1.21. The standard InChI is InChI=1S/C12H21O6P/c1-3-4-5-6-7-19(16,17-9-11(2)14)18-10-12(15)8-13/h3-7,11-15H,1,8-10H2,2H3/b5-4-,7-6+. The highest BCUT2D eigenvalue weighted by Gasteiger charge is 2.22. The molecule has 0 aliphatic rings. The summed E-state index contributed by atoms with van der Waals surface area (Å²) in [6.07, 6.45) is 4.27. The molecule has 110 valence electrons. The minimum atomic E-state index is -3.58. The maximum Gasteiger partial charge on any atom is 0.354 e. The Kier molecular flexibility index (Phi) is 9.69.